The topological polar surface area (TPSA) is 43.9 Å². The van der Waals surface area contributed by atoms with Gasteiger partial charge < -0.3 is 38.7 Å². The third-order valence-electron chi connectivity index (χ3n) is 31.5. The van der Waals surface area contributed by atoms with Crippen LogP contribution in [0.5, 0.6) is 0 Å². The highest BCUT2D eigenvalue weighted by molar-refractivity contribution is 5.28. The van der Waals surface area contributed by atoms with Crippen LogP contribution in [0.2, 0.25) is 0 Å². The summed E-state index contributed by atoms with van der Waals surface area (Å²) in [6.07, 6.45) is 49.0. The lowest BCUT2D eigenvalue weighted by Crippen LogP contribution is -2.63. The second-order valence-electron chi connectivity index (χ2n) is 69.4. The zero-order valence-electron chi connectivity index (χ0n) is 110. The summed E-state index contributed by atoms with van der Waals surface area (Å²) in [4.78, 5) is 13.3. The molecule has 2 atom stereocenters. The lowest BCUT2D eigenvalue weighted by Gasteiger charge is -2.61. The average Bonchev–Trinajstić information content (AvgIpc) is 1.18. The number of ether oxygens (including phenoxy) is 3. The predicted octanol–water partition coefficient (Wildman–Crippen LogP) is 39.3. The van der Waals surface area contributed by atoms with Crippen molar-refractivity contribution in [2.24, 2.45) is 133 Å². The van der Waals surface area contributed by atoms with Crippen molar-refractivity contribution in [2.45, 2.75) is 561 Å². The molecule has 150 heavy (non-hydrogen) atoms. The molecule has 4 aliphatic heterocycles. The highest BCUT2D eigenvalue weighted by Crippen LogP contribution is 2.56. The third kappa shape index (κ3) is 71.7. The largest absolute Gasteiger partial charge is 0.380 e. The second kappa shape index (κ2) is 62.5. The number of aryl methyl sites for hydroxylation is 1. The molecule has 0 amide bonds. The Hall–Kier alpha value is -2.76. The van der Waals surface area contributed by atoms with Gasteiger partial charge in [0.1, 0.15) is 0 Å². The van der Waals surface area contributed by atoms with E-state index >= 15 is 0 Å². The molecule has 10 aliphatic rings. The van der Waals surface area contributed by atoms with E-state index in [4.69, 9.17) is 14.2 Å². The van der Waals surface area contributed by atoms with Crippen LogP contribution in [0.4, 0.5) is 0 Å². The van der Waals surface area contributed by atoms with Gasteiger partial charge in [-0.1, -0.05) is 384 Å². The molecular formula is C142H263N5O3. The molecule has 0 N–H and O–H groups in total. The summed E-state index contributed by atoms with van der Waals surface area (Å²) in [6, 6.07) is 19.0. The smallest absolute Gasteiger partial charge is 0.0719 e. The summed E-state index contributed by atoms with van der Waals surface area (Å²) >= 11 is 0. The summed E-state index contributed by atoms with van der Waals surface area (Å²) in [6.45, 7) is 125. The van der Waals surface area contributed by atoms with E-state index in [-0.39, 0.29) is 5.41 Å². The summed E-state index contributed by atoms with van der Waals surface area (Å²) in [5.74, 6) is 19.9. The molecule has 874 valence electrons. The number of benzene rings is 2. The van der Waals surface area contributed by atoms with E-state index in [0.717, 1.165) is 130 Å². The molecule has 0 bridgehead atoms. The van der Waals surface area contributed by atoms with Gasteiger partial charge in [-0.3, -0.25) is 0 Å². The van der Waals surface area contributed by atoms with Crippen LogP contribution >= 0.6 is 0 Å². The van der Waals surface area contributed by atoms with Crippen molar-refractivity contribution in [3.05, 3.63) is 70.8 Å². The molecule has 2 unspecified atom stereocenters. The van der Waals surface area contributed by atoms with E-state index in [0.29, 0.717) is 81.9 Å². The minimum atomic E-state index is 0.153. The number of hydrogen-bond acceptors (Lipinski definition) is 8. The number of likely N-dealkylation sites (tertiary alicyclic amines) is 4. The summed E-state index contributed by atoms with van der Waals surface area (Å²) < 4.78 is 17.0. The van der Waals surface area contributed by atoms with Gasteiger partial charge >= 0.3 is 0 Å². The standard InChI is InChI=1S/C27H42.C18H30O.2C16H31N.C16H30O.C15H31N.C14H29N.C11H21N.C9H18O/c1-26(2,3)19-8-7-9-22-10-14-24(15-11-22)21-25-16-12-23(13-17-25)18-20-27(4,5)6;1-17(2,3)11-12-19-14-16-10-8-7-9-15(16)13-18(4,5)6;1-14(2,3)7-13-8-16(9-13)11-17(12-16)10-15(4,5)6;1-16(2,3)11-15-9-10-17(13-15)12-14-7-5-4-6-8-14;1-15(2,3)11-9-7-8-10-13-17-14-12-16(4,5)6;1-14(2,3)10-12-8-13(9-12)16(7)11-15(4,5)6;1-13(2,3)9-12-7-8-15(10-12)11-14(4,5)6;1-10(2,3)7-12-8-11(9-12)5-4-6-11;1-9(2,3)7-10-8-5-4-6-8/h12-13,16-17,22,24H,7,9-11,14-15,18,20-21H2,1-6H3;7-10H,11-14H2,1-6H3;13H,7-12H2,1-6H3;14-15H,4-13H2,1-3H3;9-14H2,1-6H3;12-13H,8-11H2,1-7H3;12H,7-11H2,1-6H3;4-9H2,1-3H3;8H,4-7H2,1-3H3. The molecule has 12 rings (SSSR count). The molecule has 10 fully saturated rings. The van der Waals surface area contributed by atoms with Crippen molar-refractivity contribution in [3.8, 4) is 23.7 Å². The fourth-order valence-electron chi connectivity index (χ4n) is 24.5. The van der Waals surface area contributed by atoms with Crippen molar-refractivity contribution in [3.63, 3.8) is 0 Å². The van der Waals surface area contributed by atoms with Crippen molar-refractivity contribution in [1.82, 2.24) is 24.5 Å². The van der Waals surface area contributed by atoms with E-state index in [1.807, 2.05) is 0 Å². The van der Waals surface area contributed by atoms with Crippen LogP contribution in [0, 0.1) is 157 Å². The highest BCUT2D eigenvalue weighted by Gasteiger charge is 2.53. The highest BCUT2D eigenvalue weighted by atomic mass is 16.5. The SMILES string of the molecule is CC(C)(C)C#CCCC1CCC(Cc2ccc(CCC(C)(C)C)cc2)CC1.CC(C)(C)CC1CC2(C1)CN(CC(C)(C)C)C2.CC(C)(C)CC1CCN(CC(C)(C)C)C1.CC(C)(C)CC1CCN(CC2CCCCC2)C1.CC(C)(C)CCC#CCCOCCC(C)(C)C.CC(C)(C)CCOCc1ccccc1CC(C)(C)C.CC(C)(C)CN1CC2(CCC2)C1.CC(C)(C)COC1CCC1.CN(CC(C)(C)C)C1CC(CC(C)(C)C)C1. The Balaban J connectivity index is 0.000000355. The first-order valence-electron chi connectivity index (χ1n) is 62.9. The Morgan fingerprint density at radius 2 is 0.780 bits per heavy atom. The molecule has 4 heterocycles. The maximum atomic E-state index is 5.85. The van der Waals surface area contributed by atoms with Gasteiger partial charge in [0, 0.05) is 116 Å². The van der Waals surface area contributed by atoms with Gasteiger partial charge in [-0.05, 0) is 365 Å². The Kier molecular flexibility index (Phi) is 58.1. The first-order valence-corrected chi connectivity index (χ1v) is 62.9. The van der Waals surface area contributed by atoms with E-state index in [1.165, 1.54) is 300 Å². The Labute approximate surface area is 940 Å². The number of rotatable bonds is 29. The third-order valence-corrected chi connectivity index (χ3v) is 31.5. The van der Waals surface area contributed by atoms with Gasteiger partial charge in [-0.25, -0.2) is 0 Å². The van der Waals surface area contributed by atoms with Gasteiger partial charge in [0.05, 0.1) is 25.9 Å². The molecule has 6 aliphatic carbocycles. The normalized spacial score (nSPS) is 21.9. The van der Waals surface area contributed by atoms with Crippen LogP contribution in [-0.2, 0) is 40.1 Å². The molecular weight excluding hydrogens is 1820 g/mol. The second-order valence-corrected chi connectivity index (χ2v) is 69.4. The van der Waals surface area contributed by atoms with E-state index in [9.17, 15) is 0 Å². The van der Waals surface area contributed by atoms with E-state index in [1.54, 1.807) is 0 Å². The first-order chi connectivity index (χ1) is 68.4. The Morgan fingerprint density at radius 1 is 0.340 bits per heavy atom. The maximum Gasteiger partial charge on any atom is 0.0719 e. The molecule has 2 aromatic rings. The molecule has 0 radical (unpaired) electrons. The molecule has 4 saturated heterocycles. The van der Waals surface area contributed by atoms with Gasteiger partial charge in [0.15, 0.2) is 0 Å². The molecule has 2 spiro atoms. The van der Waals surface area contributed by atoms with Crippen LogP contribution in [0.1, 0.15) is 546 Å². The molecule has 6 saturated carbocycles. The summed E-state index contributed by atoms with van der Waals surface area (Å²) in [5, 5.41) is 0. The lowest BCUT2D eigenvalue weighted by atomic mass is 9.55. The zero-order chi connectivity index (χ0) is 114. The fourth-order valence-corrected chi connectivity index (χ4v) is 24.5. The van der Waals surface area contributed by atoms with Gasteiger partial charge in [0.2, 0.25) is 0 Å². The molecule has 8 nitrogen and oxygen atoms in total. The van der Waals surface area contributed by atoms with E-state index < -0.39 is 0 Å². The Morgan fingerprint density at radius 3 is 1.22 bits per heavy atom. The first kappa shape index (κ1) is 140. The quantitative estimate of drug-likeness (QED) is 0.0590. The van der Waals surface area contributed by atoms with Gasteiger partial charge in [-0.15, -0.1) is 17.8 Å². The monoisotopic (exact) mass is 2090 g/mol. The van der Waals surface area contributed by atoms with Crippen molar-refractivity contribution in [1.29, 1.82) is 0 Å². The predicted molar refractivity (Wildman–Crippen MR) is 665 cm³/mol. The molecule has 2 aromatic carbocycles. The Bertz CT molecular complexity index is 3940. The fraction of sp³-hybridized carbons (Fsp3) is 0.887. The van der Waals surface area contributed by atoms with Crippen molar-refractivity contribution < 1.29 is 14.2 Å². The average molecular weight is 2090 g/mol. The lowest BCUT2D eigenvalue weighted by molar-refractivity contribution is -0.111. The number of hydrogen-bond donors (Lipinski definition) is 0. The van der Waals surface area contributed by atoms with Crippen LogP contribution < -0.4 is 0 Å². The van der Waals surface area contributed by atoms with Crippen LogP contribution in [-0.4, -0.2) is 155 Å². The van der Waals surface area contributed by atoms with Gasteiger partial charge in [-0.2, -0.15) is 0 Å². The van der Waals surface area contributed by atoms with Crippen LogP contribution in [0.3, 0.4) is 0 Å². The van der Waals surface area contributed by atoms with E-state index in [2.05, 4.69) is 415 Å². The van der Waals surface area contributed by atoms with Crippen molar-refractivity contribution in [2.75, 3.05) is 119 Å². The summed E-state index contributed by atoms with van der Waals surface area (Å²) in [7, 11) is 2.29. The van der Waals surface area contributed by atoms with Crippen molar-refractivity contribution >= 4 is 0 Å². The molecule has 0 aromatic heterocycles. The van der Waals surface area contributed by atoms with Crippen LogP contribution in [0.25, 0.3) is 0 Å². The van der Waals surface area contributed by atoms with Gasteiger partial charge in [0.25, 0.3) is 0 Å². The zero-order valence-corrected chi connectivity index (χ0v) is 110. The van der Waals surface area contributed by atoms with Crippen LogP contribution in [0.15, 0.2) is 48.5 Å². The minimum Gasteiger partial charge on any atom is -0.380 e. The summed E-state index contributed by atoms with van der Waals surface area (Å²) in [5.41, 5.74) is 13.6. The number of nitrogens with zero attached hydrogens (tertiary/aromatic N) is 5. The molecule has 8 heteroatoms. The minimum absolute atomic E-state index is 0.153. The maximum absolute atomic E-state index is 5.85.